The summed E-state index contributed by atoms with van der Waals surface area (Å²) in [6.07, 6.45) is 8.46. The van der Waals surface area contributed by atoms with Gasteiger partial charge in [-0.1, -0.05) is 64.2 Å². The molecule has 0 aromatic heterocycles. The van der Waals surface area contributed by atoms with Crippen LogP contribution in [0.5, 0.6) is 0 Å². The van der Waals surface area contributed by atoms with Crippen LogP contribution >= 0.6 is 0 Å². The Bertz CT molecular complexity index is 538. The predicted molar refractivity (Wildman–Crippen MR) is 103 cm³/mol. The number of nitrogens with one attached hydrogen (secondary N) is 1. The van der Waals surface area contributed by atoms with E-state index in [0.717, 1.165) is 25.1 Å². The van der Waals surface area contributed by atoms with Gasteiger partial charge in [-0.3, -0.25) is 4.90 Å². The Balaban J connectivity index is 1.94. The number of unbranched alkanes of at least 4 members (excludes halogenated alkanes) is 5. The Hall–Kier alpha value is -1.51. The van der Waals surface area contributed by atoms with Gasteiger partial charge in [0.15, 0.2) is 0 Å². The largest absolute Gasteiger partial charge is 0.338 e. The van der Waals surface area contributed by atoms with Crippen molar-refractivity contribution < 1.29 is 4.79 Å². The molecule has 3 nitrogen and oxygen atoms in total. The molecule has 24 heavy (non-hydrogen) atoms. The van der Waals surface area contributed by atoms with Gasteiger partial charge in [0.1, 0.15) is 0 Å². The summed E-state index contributed by atoms with van der Waals surface area (Å²) < 4.78 is 0. The number of nitrogens with zero attached hydrogens (tertiary/aromatic N) is 1. The van der Waals surface area contributed by atoms with Gasteiger partial charge in [-0.2, -0.15) is 0 Å². The second-order valence-corrected chi connectivity index (χ2v) is 7.81. The third-order valence-electron chi connectivity index (χ3n) is 5.13. The average molecular weight is 331 g/mol. The van der Waals surface area contributed by atoms with Gasteiger partial charge in [0, 0.05) is 17.8 Å². The third-order valence-corrected chi connectivity index (χ3v) is 5.13. The number of carbonyl (C=O) groups excluding carboxylic acids is 1. The predicted octanol–water partition coefficient (Wildman–Crippen LogP) is 5.85. The van der Waals surface area contributed by atoms with E-state index in [-0.39, 0.29) is 11.6 Å². The SMILES string of the molecule is CCCCCCCCNC(=O)N1c2ccccc2C(C)CC1(C)C. The number of para-hydroxylation sites is 1. The van der Waals surface area contributed by atoms with Crippen LogP contribution in [-0.4, -0.2) is 18.1 Å². The summed E-state index contributed by atoms with van der Waals surface area (Å²) in [5, 5.41) is 3.14. The fourth-order valence-corrected chi connectivity index (χ4v) is 3.95. The fraction of sp³-hybridized carbons (Fsp3) is 0.667. The molecule has 1 heterocycles. The van der Waals surface area contributed by atoms with E-state index in [2.05, 4.69) is 51.2 Å². The number of carbonyl (C=O) groups is 1. The number of benzene rings is 1. The first-order chi connectivity index (χ1) is 11.5. The minimum Gasteiger partial charge on any atom is -0.338 e. The summed E-state index contributed by atoms with van der Waals surface area (Å²) in [4.78, 5) is 14.8. The van der Waals surface area contributed by atoms with E-state index in [4.69, 9.17) is 0 Å². The highest BCUT2D eigenvalue weighted by atomic mass is 16.2. The van der Waals surface area contributed by atoms with E-state index in [9.17, 15) is 4.79 Å². The van der Waals surface area contributed by atoms with Crippen LogP contribution in [0.25, 0.3) is 0 Å². The van der Waals surface area contributed by atoms with Gasteiger partial charge in [-0.25, -0.2) is 4.79 Å². The monoisotopic (exact) mass is 330 g/mol. The molecule has 1 aromatic rings. The molecule has 1 aromatic carbocycles. The number of hydrogen-bond acceptors (Lipinski definition) is 1. The van der Waals surface area contributed by atoms with Crippen molar-refractivity contribution in [1.82, 2.24) is 5.32 Å². The second-order valence-electron chi connectivity index (χ2n) is 7.81. The quantitative estimate of drug-likeness (QED) is 0.625. The molecule has 1 aliphatic rings. The Morgan fingerprint density at radius 3 is 2.58 bits per heavy atom. The Kier molecular flexibility index (Phi) is 6.70. The molecule has 1 unspecified atom stereocenters. The molecule has 1 N–H and O–H groups in total. The molecular weight excluding hydrogens is 296 g/mol. The zero-order valence-corrected chi connectivity index (χ0v) is 15.9. The third kappa shape index (κ3) is 4.52. The molecule has 0 aliphatic carbocycles. The number of rotatable bonds is 7. The van der Waals surface area contributed by atoms with Gasteiger partial charge in [0.05, 0.1) is 0 Å². The van der Waals surface area contributed by atoms with Gasteiger partial charge < -0.3 is 5.32 Å². The highest BCUT2D eigenvalue weighted by Gasteiger charge is 2.39. The molecule has 0 radical (unpaired) electrons. The lowest BCUT2D eigenvalue weighted by Crippen LogP contribution is -2.55. The number of urea groups is 1. The molecule has 3 heteroatoms. The lowest BCUT2D eigenvalue weighted by atomic mass is 9.80. The molecule has 2 rings (SSSR count). The Morgan fingerprint density at radius 1 is 1.17 bits per heavy atom. The molecule has 0 saturated heterocycles. The number of anilines is 1. The van der Waals surface area contributed by atoms with E-state index < -0.39 is 0 Å². The smallest absolute Gasteiger partial charge is 0.322 e. The van der Waals surface area contributed by atoms with Gasteiger partial charge in [-0.15, -0.1) is 0 Å². The van der Waals surface area contributed by atoms with Gasteiger partial charge in [0.2, 0.25) is 0 Å². The fourth-order valence-electron chi connectivity index (χ4n) is 3.95. The van der Waals surface area contributed by atoms with Crippen LogP contribution in [0.2, 0.25) is 0 Å². The zero-order chi connectivity index (χ0) is 17.6. The van der Waals surface area contributed by atoms with Crippen molar-refractivity contribution in [2.45, 2.75) is 84.1 Å². The van der Waals surface area contributed by atoms with Crippen molar-refractivity contribution in [3.05, 3.63) is 29.8 Å². The van der Waals surface area contributed by atoms with Crippen molar-refractivity contribution >= 4 is 11.7 Å². The minimum atomic E-state index is -0.154. The molecule has 2 amide bonds. The highest BCUT2D eigenvalue weighted by molar-refractivity contribution is 5.95. The summed E-state index contributed by atoms with van der Waals surface area (Å²) in [5.41, 5.74) is 2.20. The molecule has 134 valence electrons. The zero-order valence-electron chi connectivity index (χ0n) is 15.9. The maximum atomic E-state index is 12.8. The minimum absolute atomic E-state index is 0.0490. The standard InChI is InChI=1S/C21H34N2O/c1-5-6-7-8-9-12-15-22-20(24)23-19-14-11-10-13-18(19)17(2)16-21(23,3)4/h10-11,13-14,17H,5-9,12,15-16H2,1-4H3,(H,22,24). The van der Waals surface area contributed by atoms with E-state index in [0.29, 0.717) is 5.92 Å². The number of hydrogen-bond donors (Lipinski definition) is 1. The summed E-state index contributed by atoms with van der Waals surface area (Å²) in [6, 6.07) is 8.38. The van der Waals surface area contributed by atoms with E-state index in [1.807, 2.05) is 11.0 Å². The first-order valence-electron chi connectivity index (χ1n) is 9.64. The van der Waals surface area contributed by atoms with Gasteiger partial charge in [0.25, 0.3) is 0 Å². The molecule has 0 spiro atoms. The average Bonchev–Trinajstić information content (AvgIpc) is 2.53. The topological polar surface area (TPSA) is 32.3 Å². The van der Waals surface area contributed by atoms with Crippen LogP contribution in [-0.2, 0) is 0 Å². The van der Waals surface area contributed by atoms with Crippen molar-refractivity contribution in [2.24, 2.45) is 0 Å². The van der Waals surface area contributed by atoms with Crippen LogP contribution in [0, 0.1) is 0 Å². The maximum Gasteiger partial charge on any atom is 0.322 e. The van der Waals surface area contributed by atoms with E-state index in [1.54, 1.807) is 0 Å². The van der Waals surface area contributed by atoms with Crippen molar-refractivity contribution in [3.63, 3.8) is 0 Å². The van der Waals surface area contributed by atoms with Gasteiger partial charge in [-0.05, 0) is 44.2 Å². The van der Waals surface area contributed by atoms with Gasteiger partial charge >= 0.3 is 6.03 Å². The Morgan fingerprint density at radius 2 is 1.83 bits per heavy atom. The molecule has 0 fully saturated rings. The van der Waals surface area contributed by atoms with Crippen LogP contribution < -0.4 is 10.2 Å². The maximum absolute atomic E-state index is 12.8. The van der Waals surface area contributed by atoms with Crippen LogP contribution in [0.3, 0.4) is 0 Å². The molecule has 0 saturated carbocycles. The summed E-state index contributed by atoms with van der Waals surface area (Å²) in [6.45, 7) is 9.61. The first-order valence-corrected chi connectivity index (χ1v) is 9.64. The van der Waals surface area contributed by atoms with E-state index >= 15 is 0 Å². The highest BCUT2D eigenvalue weighted by Crippen LogP contribution is 2.42. The Labute approximate surface area is 147 Å². The van der Waals surface area contributed by atoms with Crippen LogP contribution in [0.15, 0.2) is 24.3 Å². The molecule has 1 atom stereocenters. The lowest BCUT2D eigenvalue weighted by molar-refractivity contribution is 0.236. The van der Waals surface area contributed by atoms with Crippen molar-refractivity contribution in [3.8, 4) is 0 Å². The normalized spacial score (nSPS) is 19.0. The van der Waals surface area contributed by atoms with Crippen molar-refractivity contribution in [1.29, 1.82) is 0 Å². The van der Waals surface area contributed by atoms with Crippen LogP contribution in [0.1, 0.15) is 84.1 Å². The molecule has 0 bridgehead atoms. The summed E-state index contributed by atoms with van der Waals surface area (Å²) in [5.74, 6) is 0.485. The molecule has 1 aliphatic heterocycles. The number of amides is 2. The summed E-state index contributed by atoms with van der Waals surface area (Å²) >= 11 is 0. The van der Waals surface area contributed by atoms with Crippen LogP contribution in [0.4, 0.5) is 10.5 Å². The number of fused-ring (bicyclic) bond motifs is 1. The summed E-state index contributed by atoms with van der Waals surface area (Å²) in [7, 11) is 0. The lowest BCUT2D eigenvalue weighted by Gasteiger charge is -2.45. The van der Waals surface area contributed by atoms with E-state index in [1.165, 1.54) is 37.7 Å². The van der Waals surface area contributed by atoms with Crippen molar-refractivity contribution in [2.75, 3.05) is 11.4 Å². The second kappa shape index (κ2) is 8.55. The first kappa shape index (κ1) is 18.8. The molecular formula is C21H34N2O.